The second kappa shape index (κ2) is 4.68. The monoisotopic (exact) mass is 209 g/mol. The first kappa shape index (κ1) is 10.5. The number of hydrogen-bond acceptors (Lipinski definition) is 3. The van der Waals surface area contributed by atoms with Gasteiger partial charge in [-0.2, -0.15) is 0 Å². The van der Waals surface area contributed by atoms with Crippen molar-refractivity contribution in [3.05, 3.63) is 29.8 Å². The normalized spacial score (nSPS) is 20.1. The molecule has 1 atom stereocenters. The summed E-state index contributed by atoms with van der Waals surface area (Å²) < 4.78 is 13.0. The minimum atomic E-state index is -0.255. The Hall–Kier alpha value is -1.00. The summed E-state index contributed by atoms with van der Waals surface area (Å²) in [6.07, 6.45) is 2.99. The van der Waals surface area contributed by atoms with Crippen molar-refractivity contribution in [1.29, 1.82) is 0 Å². The molecule has 82 valence electrons. The molecule has 3 nitrogen and oxygen atoms in total. The van der Waals surface area contributed by atoms with Gasteiger partial charge in [0.2, 0.25) is 0 Å². The van der Waals surface area contributed by atoms with Crippen molar-refractivity contribution < 1.29 is 4.39 Å². The summed E-state index contributed by atoms with van der Waals surface area (Å²) in [7, 11) is 0. The highest BCUT2D eigenvalue weighted by atomic mass is 19.1. The van der Waals surface area contributed by atoms with Gasteiger partial charge in [0.15, 0.2) is 0 Å². The van der Waals surface area contributed by atoms with Crippen molar-refractivity contribution in [3.8, 4) is 0 Å². The number of nitrogens with zero attached hydrogens (tertiary/aromatic N) is 2. The second-order valence-electron chi connectivity index (χ2n) is 3.90. The highest BCUT2D eigenvalue weighted by Crippen LogP contribution is 2.19. The molecule has 1 aliphatic heterocycles. The molecule has 4 heteroatoms. The molecule has 1 saturated heterocycles. The van der Waals surface area contributed by atoms with Crippen LogP contribution < -0.4 is 5.32 Å². The summed E-state index contributed by atoms with van der Waals surface area (Å²) >= 11 is 0. The fourth-order valence-corrected chi connectivity index (χ4v) is 1.94. The van der Waals surface area contributed by atoms with E-state index in [1.54, 1.807) is 12.3 Å². The van der Waals surface area contributed by atoms with Crippen molar-refractivity contribution in [3.63, 3.8) is 0 Å². The SMILES string of the molecule is CC(c1cncc(F)c1)N1CCNCC1. The summed E-state index contributed by atoms with van der Waals surface area (Å²) in [6, 6.07) is 1.81. The smallest absolute Gasteiger partial charge is 0.141 e. The number of piperazine rings is 1. The molecule has 1 N–H and O–H groups in total. The van der Waals surface area contributed by atoms with Crippen LogP contribution in [0.1, 0.15) is 18.5 Å². The van der Waals surface area contributed by atoms with Crippen LogP contribution in [-0.4, -0.2) is 36.1 Å². The van der Waals surface area contributed by atoms with Gasteiger partial charge in [0.25, 0.3) is 0 Å². The van der Waals surface area contributed by atoms with Crippen LogP contribution in [0.15, 0.2) is 18.5 Å². The fraction of sp³-hybridized carbons (Fsp3) is 0.545. The van der Waals surface area contributed by atoms with Gasteiger partial charge in [-0.3, -0.25) is 9.88 Å². The molecule has 1 fully saturated rings. The number of rotatable bonds is 2. The van der Waals surface area contributed by atoms with Crippen LogP contribution in [0.4, 0.5) is 4.39 Å². The first-order valence-corrected chi connectivity index (χ1v) is 5.32. The van der Waals surface area contributed by atoms with Gasteiger partial charge in [-0.05, 0) is 18.6 Å². The highest BCUT2D eigenvalue weighted by molar-refractivity contribution is 5.14. The zero-order valence-corrected chi connectivity index (χ0v) is 8.91. The summed E-state index contributed by atoms with van der Waals surface area (Å²) in [4.78, 5) is 6.22. The van der Waals surface area contributed by atoms with E-state index >= 15 is 0 Å². The van der Waals surface area contributed by atoms with Gasteiger partial charge in [0.05, 0.1) is 6.20 Å². The Kier molecular flexibility index (Phi) is 3.28. The molecule has 1 aromatic heterocycles. The van der Waals surface area contributed by atoms with Crippen LogP contribution in [0.3, 0.4) is 0 Å². The summed E-state index contributed by atoms with van der Waals surface area (Å²) in [6.45, 7) is 6.14. The maximum Gasteiger partial charge on any atom is 0.141 e. The quantitative estimate of drug-likeness (QED) is 0.793. The van der Waals surface area contributed by atoms with Gasteiger partial charge in [0.1, 0.15) is 5.82 Å². The molecule has 0 saturated carbocycles. The predicted molar refractivity (Wildman–Crippen MR) is 57.1 cm³/mol. The standard InChI is InChI=1S/C11H16FN3/c1-9(15-4-2-13-3-5-15)10-6-11(12)8-14-7-10/h6-9,13H,2-5H2,1H3. The molecule has 15 heavy (non-hydrogen) atoms. The van der Waals surface area contributed by atoms with E-state index in [1.807, 2.05) is 0 Å². The maximum atomic E-state index is 13.0. The van der Waals surface area contributed by atoms with Crippen LogP contribution in [0.25, 0.3) is 0 Å². The van der Waals surface area contributed by atoms with E-state index in [9.17, 15) is 4.39 Å². The molecule has 0 bridgehead atoms. The fourth-order valence-electron chi connectivity index (χ4n) is 1.94. The van der Waals surface area contributed by atoms with Crippen LogP contribution >= 0.6 is 0 Å². The molecule has 2 heterocycles. The summed E-state index contributed by atoms with van der Waals surface area (Å²) in [5.74, 6) is -0.255. The minimum absolute atomic E-state index is 0.246. The largest absolute Gasteiger partial charge is 0.314 e. The first-order chi connectivity index (χ1) is 7.27. The molecule has 0 amide bonds. The van der Waals surface area contributed by atoms with E-state index in [0.29, 0.717) is 0 Å². The lowest BCUT2D eigenvalue weighted by Gasteiger charge is -2.32. The minimum Gasteiger partial charge on any atom is -0.314 e. The number of nitrogens with one attached hydrogen (secondary N) is 1. The van der Waals surface area contributed by atoms with Crippen molar-refractivity contribution in [2.24, 2.45) is 0 Å². The Balaban J connectivity index is 2.08. The molecule has 1 aromatic rings. The van der Waals surface area contributed by atoms with Gasteiger partial charge in [-0.1, -0.05) is 0 Å². The van der Waals surface area contributed by atoms with Crippen LogP contribution in [0, 0.1) is 5.82 Å². The van der Waals surface area contributed by atoms with E-state index in [0.717, 1.165) is 31.7 Å². The lowest BCUT2D eigenvalue weighted by Crippen LogP contribution is -2.44. The van der Waals surface area contributed by atoms with Crippen LogP contribution in [0.5, 0.6) is 0 Å². The zero-order chi connectivity index (χ0) is 10.7. The molecule has 1 unspecified atom stereocenters. The topological polar surface area (TPSA) is 28.2 Å². The number of aromatic nitrogens is 1. The van der Waals surface area contributed by atoms with Crippen molar-refractivity contribution in [2.75, 3.05) is 26.2 Å². The summed E-state index contributed by atoms with van der Waals surface area (Å²) in [5.41, 5.74) is 0.955. The van der Waals surface area contributed by atoms with Crippen molar-refractivity contribution >= 4 is 0 Å². The molecule has 2 rings (SSSR count). The Morgan fingerprint density at radius 2 is 2.13 bits per heavy atom. The van der Waals surface area contributed by atoms with Gasteiger partial charge in [-0.15, -0.1) is 0 Å². The molecule has 0 aliphatic carbocycles. The average Bonchev–Trinajstić information content (AvgIpc) is 2.29. The van der Waals surface area contributed by atoms with Crippen molar-refractivity contribution in [1.82, 2.24) is 15.2 Å². The van der Waals surface area contributed by atoms with Crippen LogP contribution in [0.2, 0.25) is 0 Å². The molecular weight excluding hydrogens is 193 g/mol. The highest BCUT2D eigenvalue weighted by Gasteiger charge is 2.18. The maximum absolute atomic E-state index is 13.0. The lowest BCUT2D eigenvalue weighted by molar-refractivity contribution is 0.185. The Morgan fingerprint density at radius 1 is 1.40 bits per heavy atom. The van der Waals surface area contributed by atoms with Gasteiger partial charge in [-0.25, -0.2) is 4.39 Å². The number of pyridine rings is 1. The molecule has 1 aliphatic rings. The molecule has 0 spiro atoms. The molecule has 0 radical (unpaired) electrons. The third-order valence-corrected chi connectivity index (χ3v) is 2.91. The second-order valence-corrected chi connectivity index (χ2v) is 3.90. The molecule has 0 aromatic carbocycles. The Labute approximate surface area is 89.3 Å². The van der Waals surface area contributed by atoms with E-state index in [4.69, 9.17) is 0 Å². The van der Waals surface area contributed by atoms with E-state index < -0.39 is 0 Å². The van der Waals surface area contributed by atoms with Crippen molar-refractivity contribution in [2.45, 2.75) is 13.0 Å². The van der Waals surface area contributed by atoms with E-state index in [1.165, 1.54) is 6.20 Å². The number of halogens is 1. The van der Waals surface area contributed by atoms with Gasteiger partial charge in [0, 0.05) is 38.4 Å². The van der Waals surface area contributed by atoms with Gasteiger partial charge < -0.3 is 5.32 Å². The van der Waals surface area contributed by atoms with E-state index in [2.05, 4.69) is 22.1 Å². The summed E-state index contributed by atoms with van der Waals surface area (Å²) in [5, 5.41) is 3.30. The number of hydrogen-bond donors (Lipinski definition) is 1. The Morgan fingerprint density at radius 3 is 2.80 bits per heavy atom. The molecular formula is C11H16FN3. The first-order valence-electron chi connectivity index (χ1n) is 5.32. The lowest BCUT2D eigenvalue weighted by atomic mass is 10.1. The van der Waals surface area contributed by atoms with Crippen LogP contribution in [-0.2, 0) is 0 Å². The zero-order valence-electron chi connectivity index (χ0n) is 8.91. The van der Waals surface area contributed by atoms with Gasteiger partial charge >= 0.3 is 0 Å². The average molecular weight is 209 g/mol. The van der Waals surface area contributed by atoms with E-state index in [-0.39, 0.29) is 11.9 Å². The third-order valence-electron chi connectivity index (χ3n) is 2.91. The Bertz CT molecular complexity index is 323. The third kappa shape index (κ3) is 2.52. The predicted octanol–water partition coefficient (Wildman–Crippen LogP) is 1.19.